The van der Waals surface area contributed by atoms with Crippen molar-refractivity contribution in [2.24, 2.45) is 11.7 Å². The lowest BCUT2D eigenvalue weighted by molar-refractivity contribution is -0.133. The van der Waals surface area contributed by atoms with Crippen molar-refractivity contribution in [2.45, 2.75) is 19.9 Å². The molecular weight excluding hydrogens is 309 g/mol. The van der Waals surface area contributed by atoms with Gasteiger partial charge in [-0.15, -0.1) is 0 Å². The first-order valence-corrected chi connectivity index (χ1v) is 7.90. The minimum atomic E-state index is -0.415. The molecule has 0 radical (unpaired) electrons. The lowest BCUT2D eigenvalue weighted by atomic mass is 10.0. The molecule has 0 unspecified atom stereocenters. The summed E-state index contributed by atoms with van der Waals surface area (Å²) in [6, 6.07) is 5.19. The number of hydrogen-bond acceptors (Lipinski definition) is 3. The molecule has 21 heavy (non-hydrogen) atoms. The van der Waals surface area contributed by atoms with Gasteiger partial charge in [0.25, 0.3) is 0 Å². The fourth-order valence-corrected chi connectivity index (χ4v) is 2.66. The fourth-order valence-electron chi connectivity index (χ4n) is 2.36. The van der Waals surface area contributed by atoms with E-state index < -0.39 is 6.04 Å². The molecule has 1 heterocycles. The molecule has 1 aliphatic rings. The first kappa shape index (κ1) is 16.4. The van der Waals surface area contributed by atoms with Gasteiger partial charge in [0.1, 0.15) is 0 Å². The van der Waals surface area contributed by atoms with E-state index in [9.17, 15) is 4.79 Å². The number of carbonyl (C=O) groups is 1. The van der Waals surface area contributed by atoms with Gasteiger partial charge in [-0.25, -0.2) is 0 Å². The second-order valence-corrected chi connectivity index (χ2v) is 6.49. The number of halogens is 2. The molecule has 0 saturated carbocycles. The maximum atomic E-state index is 12.2. The van der Waals surface area contributed by atoms with Crippen LogP contribution in [0.4, 0.5) is 5.69 Å². The Morgan fingerprint density at radius 1 is 1.14 bits per heavy atom. The van der Waals surface area contributed by atoms with Crippen molar-refractivity contribution in [3.8, 4) is 0 Å². The summed E-state index contributed by atoms with van der Waals surface area (Å²) in [7, 11) is 0. The Bertz CT molecular complexity index is 514. The van der Waals surface area contributed by atoms with Gasteiger partial charge in [0.05, 0.1) is 16.1 Å². The van der Waals surface area contributed by atoms with Crippen LogP contribution in [-0.2, 0) is 4.79 Å². The number of rotatable bonds is 3. The quantitative estimate of drug-likeness (QED) is 0.927. The van der Waals surface area contributed by atoms with E-state index in [4.69, 9.17) is 28.9 Å². The summed E-state index contributed by atoms with van der Waals surface area (Å²) in [5.74, 6) is 0.199. The van der Waals surface area contributed by atoms with Crippen LogP contribution in [0.15, 0.2) is 18.2 Å². The van der Waals surface area contributed by atoms with Crippen LogP contribution in [0.3, 0.4) is 0 Å². The zero-order chi connectivity index (χ0) is 15.6. The van der Waals surface area contributed by atoms with Crippen molar-refractivity contribution in [2.75, 3.05) is 31.1 Å². The van der Waals surface area contributed by atoms with E-state index >= 15 is 0 Å². The SMILES string of the molecule is CC(C)[C@@H](N)C(=O)N1CCN(c2ccc(Cl)c(Cl)c2)CC1. The van der Waals surface area contributed by atoms with Crippen LogP contribution in [0.2, 0.25) is 10.0 Å². The van der Waals surface area contributed by atoms with Gasteiger partial charge in [-0.1, -0.05) is 37.0 Å². The Morgan fingerprint density at radius 3 is 2.29 bits per heavy atom. The average Bonchev–Trinajstić information content (AvgIpc) is 2.48. The number of carbonyl (C=O) groups excluding carboxylic acids is 1. The van der Waals surface area contributed by atoms with E-state index in [1.165, 1.54) is 0 Å². The summed E-state index contributed by atoms with van der Waals surface area (Å²) in [5, 5.41) is 1.10. The first-order chi connectivity index (χ1) is 9.90. The van der Waals surface area contributed by atoms with E-state index in [0.717, 1.165) is 18.8 Å². The summed E-state index contributed by atoms with van der Waals surface area (Å²) >= 11 is 12.0. The molecule has 1 saturated heterocycles. The van der Waals surface area contributed by atoms with Crippen molar-refractivity contribution < 1.29 is 4.79 Å². The molecule has 4 nitrogen and oxygen atoms in total. The summed E-state index contributed by atoms with van der Waals surface area (Å²) < 4.78 is 0. The maximum Gasteiger partial charge on any atom is 0.239 e. The highest BCUT2D eigenvalue weighted by atomic mass is 35.5. The third kappa shape index (κ3) is 3.82. The lowest BCUT2D eigenvalue weighted by Crippen LogP contribution is -2.54. The third-order valence-electron chi connectivity index (χ3n) is 3.86. The highest BCUT2D eigenvalue weighted by Gasteiger charge is 2.27. The summed E-state index contributed by atoms with van der Waals surface area (Å²) in [6.45, 7) is 6.84. The normalized spacial score (nSPS) is 17.2. The molecule has 2 rings (SSSR count). The molecule has 1 aliphatic heterocycles. The summed E-state index contributed by atoms with van der Waals surface area (Å²) in [4.78, 5) is 16.3. The van der Waals surface area contributed by atoms with Gasteiger partial charge >= 0.3 is 0 Å². The van der Waals surface area contributed by atoms with Crippen molar-refractivity contribution in [1.82, 2.24) is 4.90 Å². The zero-order valence-electron chi connectivity index (χ0n) is 12.4. The van der Waals surface area contributed by atoms with Gasteiger partial charge in [-0.3, -0.25) is 4.79 Å². The molecule has 6 heteroatoms. The van der Waals surface area contributed by atoms with Crippen LogP contribution in [0.1, 0.15) is 13.8 Å². The standard InChI is InChI=1S/C15H21Cl2N3O/c1-10(2)14(18)15(21)20-7-5-19(6-8-20)11-3-4-12(16)13(17)9-11/h3-4,9-10,14H,5-8,18H2,1-2H3/t14-/m1/s1. The molecule has 1 aromatic carbocycles. The summed E-state index contributed by atoms with van der Waals surface area (Å²) in [5.41, 5.74) is 6.97. The van der Waals surface area contributed by atoms with Crippen molar-refractivity contribution in [1.29, 1.82) is 0 Å². The molecule has 1 fully saturated rings. The van der Waals surface area contributed by atoms with Crippen LogP contribution in [-0.4, -0.2) is 43.0 Å². The van der Waals surface area contributed by atoms with E-state index in [2.05, 4.69) is 4.90 Å². The molecule has 1 aromatic rings. The molecule has 0 bridgehead atoms. The first-order valence-electron chi connectivity index (χ1n) is 7.14. The topological polar surface area (TPSA) is 49.6 Å². The zero-order valence-corrected chi connectivity index (χ0v) is 13.9. The monoisotopic (exact) mass is 329 g/mol. The van der Waals surface area contributed by atoms with Crippen LogP contribution in [0.25, 0.3) is 0 Å². The van der Waals surface area contributed by atoms with E-state index in [1.54, 1.807) is 6.07 Å². The van der Waals surface area contributed by atoms with Crippen molar-refractivity contribution in [3.05, 3.63) is 28.2 Å². The van der Waals surface area contributed by atoms with Crippen molar-refractivity contribution >= 4 is 34.8 Å². The molecular formula is C15H21Cl2N3O. The Hall–Kier alpha value is -0.970. The van der Waals surface area contributed by atoms with E-state index in [1.807, 2.05) is 30.9 Å². The van der Waals surface area contributed by atoms with Gasteiger partial charge in [-0.2, -0.15) is 0 Å². The van der Waals surface area contributed by atoms with Crippen LogP contribution >= 0.6 is 23.2 Å². The number of hydrogen-bond donors (Lipinski definition) is 1. The van der Waals surface area contributed by atoms with Gasteiger partial charge in [0.15, 0.2) is 0 Å². The van der Waals surface area contributed by atoms with Gasteiger partial charge in [0, 0.05) is 31.9 Å². The Kier molecular flexibility index (Phi) is 5.36. The predicted octanol–water partition coefficient (Wildman–Crippen LogP) is 2.63. The molecule has 0 aromatic heterocycles. The maximum absolute atomic E-state index is 12.2. The van der Waals surface area contributed by atoms with E-state index in [0.29, 0.717) is 23.1 Å². The number of amides is 1. The number of anilines is 1. The number of nitrogens with two attached hydrogens (primary N) is 1. The molecule has 0 spiro atoms. The number of piperazine rings is 1. The summed E-state index contributed by atoms with van der Waals surface area (Å²) in [6.07, 6.45) is 0. The Morgan fingerprint density at radius 2 is 1.76 bits per heavy atom. The smallest absolute Gasteiger partial charge is 0.239 e. The predicted molar refractivity (Wildman–Crippen MR) is 88.1 cm³/mol. The average molecular weight is 330 g/mol. The molecule has 1 atom stereocenters. The van der Waals surface area contributed by atoms with Gasteiger partial charge < -0.3 is 15.5 Å². The largest absolute Gasteiger partial charge is 0.368 e. The third-order valence-corrected chi connectivity index (χ3v) is 4.60. The fraction of sp³-hybridized carbons (Fsp3) is 0.533. The number of nitrogens with zero attached hydrogens (tertiary/aromatic N) is 2. The highest BCUT2D eigenvalue weighted by Crippen LogP contribution is 2.27. The second kappa shape index (κ2) is 6.86. The lowest BCUT2D eigenvalue weighted by Gasteiger charge is -2.37. The molecule has 1 amide bonds. The van der Waals surface area contributed by atoms with Crippen molar-refractivity contribution in [3.63, 3.8) is 0 Å². The Balaban J connectivity index is 1.97. The van der Waals surface area contributed by atoms with Crippen LogP contribution in [0, 0.1) is 5.92 Å². The van der Waals surface area contributed by atoms with E-state index in [-0.39, 0.29) is 11.8 Å². The Labute approximate surface area is 135 Å². The molecule has 116 valence electrons. The van der Waals surface area contributed by atoms with Crippen LogP contribution in [0.5, 0.6) is 0 Å². The number of benzene rings is 1. The minimum Gasteiger partial charge on any atom is -0.368 e. The van der Waals surface area contributed by atoms with Gasteiger partial charge in [0.2, 0.25) is 5.91 Å². The molecule has 0 aliphatic carbocycles. The minimum absolute atomic E-state index is 0.0405. The van der Waals surface area contributed by atoms with Gasteiger partial charge in [-0.05, 0) is 24.1 Å². The molecule has 2 N–H and O–H groups in total. The highest BCUT2D eigenvalue weighted by molar-refractivity contribution is 6.42. The van der Waals surface area contributed by atoms with Crippen LogP contribution < -0.4 is 10.6 Å². The second-order valence-electron chi connectivity index (χ2n) is 5.68.